The molecule has 0 unspecified atom stereocenters. The maximum absolute atomic E-state index is 13.8. The average molecular weight is 316 g/mol. The lowest BCUT2D eigenvalue weighted by Crippen LogP contribution is -2.47. The molecular formula is C15H22F2N2O3. The van der Waals surface area contributed by atoms with E-state index in [1.807, 2.05) is 0 Å². The predicted molar refractivity (Wildman–Crippen MR) is 79.3 cm³/mol. The normalized spacial score (nSPS) is 17.4. The van der Waals surface area contributed by atoms with Gasteiger partial charge in [0.25, 0.3) is 6.43 Å². The van der Waals surface area contributed by atoms with Crippen molar-refractivity contribution in [3.63, 3.8) is 0 Å². The Hall–Kier alpha value is -1.60. The molecule has 0 bridgehead atoms. The first-order valence-corrected chi connectivity index (χ1v) is 7.15. The van der Waals surface area contributed by atoms with E-state index in [9.17, 15) is 8.78 Å². The maximum atomic E-state index is 13.8. The molecule has 0 saturated carbocycles. The summed E-state index contributed by atoms with van der Waals surface area (Å²) < 4.78 is 43.4. The Kier molecular flexibility index (Phi) is 5.79. The summed E-state index contributed by atoms with van der Waals surface area (Å²) in [6.45, 7) is 2.47. The van der Waals surface area contributed by atoms with Crippen molar-refractivity contribution >= 4 is 0 Å². The summed E-state index contributed by atoms with van der Waals surface area (Å²) in [6, 6.07) is 2.14. The molecule has 1 aliphatic rings. The highest BCUT2D eigenvalue weighted by Crippen LogP contribution is 2.43. The quantitative estimate of drug-likeness (QED) is 0.869. The van der Waals surface area contributed by atoms with Gasteiger partial charge in [-0.05, 0) is 0 Å². The molecule has 0 amide bonds. The number of benzene rings is 1. The highest BCUT2D eigenvalue weighted by Gasteiger charge is 2.35. The Bertz CT molecular complexity index is 469. The third-order valence-electron chi connectivity index (χ3n) is 3.83. The first kappa shape index (κ1) is 16.8. The van der Waals surface area contributed by atoms with Crippen LogP contribution in [0.15, 0.2) is 12.1 Å². The van der Waals surface area contributed by atoms with E-state index in [0.717, 1.165) is 0 Å². The zero-order chi connectivity index (χ0) is 16.1. The van der Waals surface area contributed by atoms with Crippen molar-refractivity contribution in [1.82, 2.24) is 10.2 Å². The molecule has 1 atom stereocenters. The van der Waals surface area contributed by atoms with E-state index < -0.39 is 12.5 Å². The first-order valence-electron chi connectivity index (χ1n) is 7.15. The number of halogens is 2. The van der Waals surface area contributed by atoms with E-state index in [-0.39, 0.29) is 0 Å². The third-order valence-corrected chi connectivity index (χ3v) is 3.83. The molecule has 1 heterocycles. The Labute approximate surface area is 129 Å². The van der Waals surface area contributed by atoms with Gasteiger partial charge < -0.3 is 19.5 Å². The summed E-state index contributed by atoms with van der Waals surface area (Å²) in [4.78, 5) is 1.76. The van der Waals surface area contributed by atoms with Crippen LogP contribution in [0.2, 0.25) is 0 Å². The molecule has 1 saturated heterocycles. The fourth-order valence-corrected chi connectivity index (χ4v) is 2.75. The van der Waals surface area contributed by atoms with E-state index in [2.05, 4.69) is 5.32 Å². The molecule has 1 N–H and O–H groups in total. The fourth-order valence-electron chi connectivity index (χ4n) is 2.75. The number of piperazine rings is 1. The molecule has 1 fully saturated rings. The molecule has 124 valence electrons. The van der Waals surface area contributed by atoms with Crippen molar-refractivity contribution in [2.24, 2.45) is 0 Å². The number of methoxy groups -OCH3 is 3. The Morgan fingerprint density at radius 3 is 1.95 bits per heavy atom. The molecule has 5 nitrogen and oxygen atoms in total. The van der Waals surface area contributed by atoms with Crippen LogP contribution in [0.1, 0.15) is 11.6 Å². The standard InChI is InChI=1S/C15H22F2N2O3/c1-20-10-8-11(21-2)13(12(9-10)22-3)14(15(16)17)19-6-4-18-5-7-19/h8-9,14-15,18H,4-7H2,1-3H3/t14-/m0/s1. The van der Waals surface area contributed by atoms with Crippen LogP contribution >= 0.6 is 0 Å². The summed E-state index contributed by atoms with van der Waals surface area (Å²) in [7, 11) is 4.42. The second-order valence-electron chi connectivity index (χ2n) is 5.01. The van der Waals surface area contributed by atoms with E-state index in [4.69, 9.17) is 14.2 Å². The minimum absolute atomic E-state index is 0.347. The minimum atomic E-state index is -2.55. The molecule has 2 rings (SSSR count). The van der Waals surface area contributed by atoms with Crippen LogP contribution in [0, 0.1) is 0 Å². The smallest absolute Gasteiger partial charge is 0.258 e. The van der Waals surface area contributed by atoms with Gasteiger partial charge in [-0.15, -0.1) is 0 Å². The van der Waals surface area contributed by atoms with Gasteiger partial charge in [0.15, 0.2) is 0 Å². The van der Waals surface area contributed by atoms with Crippen LogP contribution in [-0.2, 0) is 0 Å². The largest absolute Gasteiger partial charge is 0.496 e. The van der Waals surface area contributed by atoms with Gasteiger partial charge in [-0.2, -0.15) is 0 Å². The lowest BCUT2D eigenvalue weighted by atomic mass is 10.0. The summed E-state index contributed by atoms with van der Waals surface area (Å²) >= 11 is 0. The average Bonchev–Trinajstić information content (AvgIpc) is 2.55. The van der Waals surface area contributed by atoms with Crippen molar-refractivity contribution in [1.29, 1.82) is 0 Å². The molecule has 22 heavy (non-hydrogen) atoms. The van der Waals surface area contributed by atoms with Gasteiger partial charge in [0.2, 0.25) is 0 Å². The van der Waals surface area contributed by atoms with Crippen LogP contribution < -0.4 is 19.5 Å². The Morgan fingerprint density at radius 1 is 1.00 bits per heavy atom. The molecule has 1 aromatic carbocycles. The lowest BCUT2D eigenvalue weighted by molar-refractivity contribution is 0.0158. The molecule has 0 aromatic heterocycles. The molecule has 1 aromatic rings. The number of nitrogens with one attached hydrogen (secondary N) is 1. The Morgan fingerprint density at radius 2 is 1.55 bits per heavy atom. The fraction of sp³-hybridized carbons (Fsp3) is 0.600. The summed E-state index contributed by atoms with van der Waals surface area (Å²) in [6.07, 6.45) is -2.55. The predicted octanol–water partition coefficient (Wildman–Crippen LogP) is 1.92. The second kappa shape index (κ2) is 7.60. The van der Waals surface area contributed by atoms with E-state index in [0.29, 0.717) is 49.0 Å². The minimum Gasteiger partial charge on any atom is -0.496 e. The number of alkyl halides is 2. The van der Waals surface area contributed by atoms with Gasteiger partial charge in [0, 0.05) is 38.3 Å². The van der Waals surface area contributed by atoms with Crippen LogP contribution in [0.3, 0.4) is 0 Å². The number of nitrogens with zero attached hydrogens (tertiary/aromatic N) is 1. The van der Waals surface area contributed by atoms with Crippen molar-refractivity contribution in [3.05, 3.63) is 17.7 Å². The highest BCUT2D eigenvalue weighted by molar-refractivity contribution is 5.52. The highest BCUT2D eigenvalue weighted by atomic mass is 19.3. The van der Waals surface area contributed by atoms with Crippen molar-refractivity contribution in [2.75, 3.05) is 47.5 Å². The van der Waals surface area contributed by atoms with Crippen LogP contribution in [0.25, 0.3) is 0 Å². The number of ether oxygens (including phenoxy) is 3. The molecule has 1 aliphatic heterocycles. The zero-order valence-electron chi connectivity index (χ0n) is 13.1. The topological polar surface area (TPSA) is 43.0 Å². The third kappa shape index (κ3) is 3.41. The van der Waals surface area contributed by atoms with E-state index >= 15 is 0 Å². The van der Waals surface area contributed by atoms with Gasteiger partial charge in [0.05, 0.1) is 26.9 Å². The van der Waals surface area contributed by atoms with Gasteiger partial charge in [-0.1, -0.05) is 0 Å². The van der Waals surface area contributed by atoms with Crippen LogP contribution in [-0.4, -0.2) is 58.8 Å². The summed E-state index contributed by atoms with van der Waals surface area (Å²) in [5, 5.41) is 3.17. The van der Waals surface area contributed by atoms with Gasteiger partial charge in [-0.3, -0.25) is 4.90 Å². The number of rotatable bonds is 6. The first-order chi connectivity index (χ1) is 10.6. The molecule has 0 aliphatic carbocycles. The van der Waals surface area contributed by atoms with Gasteiger partial charge in [-0.25, -0.2) is 8.78 Å². The van der Waals surface area contributed by atoms with E-state index in [1.165, 1.54) is 21.3 Å². The number of hydrogen-bond donors (Lipinski definition) is 1. The van der Waals surface area contributed by atoms with Crippen LogP contribution in [0.5, 0.6) is 17.2 Å². The Balaban J connectivity index is 2.49. The molecule has 7 heteroatoms. The lowest BCUT2D eigenvalue weighted by Gasteiger charge is -2.35. The van der Waals surface area contributed by atoms with E-state index in [1.54, 1.807) is 17.0 Å². The van der Waals surface area contributed by atoms with Crippen molar-refractivity contribution < 1.29 is 23.0 Å². The SMILES string of the molecule is COc1cc(OC)c([C@@H](C(F)F)N2CCNCC2)c(OC)c1. The second-order valence-corrected chi connectivity index (χ2v) is 5.01. The molecule has 0 radical (unpaired) electrons. The molecule has 0 spiro atoms. The molecular weight excluding hydrogens is 294 g/mol. The zero-order valence-corrected chi connectivity index (χ0v) is 13.1. The summed E-state index contributed by atoms with van der Waals surface area (Å²) in [5.41, 5.74) is 0.364. The van der Waals surface area contributed by atoms with Crippen molar-refractivity contribution in [3.8, 4) is 17.2 Å². The maximum Gasteiger partial charge on any atom is 0.258 e. The van der Waals surface area contributed by atoms with Crippen molar-refractivity contribution in [2.45, 2.75) is 12.5 Å². The van der Waals surface area contributed by atoms with Gasteiger partial charge >= 0.3 is 0 Å². The van der Waals surface area contributed by atoms with Gasteiger partial charge in [0.1, 0.15) is 23.3 Å². The summed E-state index contributed by atoms with van der Waals surface area (Å²) in [5.74, 6) is 1.20. The number of hydrogen-bond acceptors (Lipinski definition) is 5. The monoisotopic (exact) mass is 316 g/mol. The van der Waals surface area contributed by atoms with Crippen LogP contribution in [0.4, 0.5) is 8.78 Å².